The summed E-state index contributed by atoms with van der Waals surface area (Å²) in [7, 11) is 0. The van der Waals surface area contributed by atoms with Gasteiger partial charge >= 0.3 is 11.8 Å². The molecule has 0 aliphatic carbocycles. The van der Waals surface area contributed by atoms with Crippen molar-refractivity contribution >= 4 is 17.5 Å². The molecule has 0 aliphatic rings. The first-order valence-corrected chi connectivity index (χ1v) is 3.20. The van der Waals surface area contributed by atoms with Crippen LogP contribution in [0.3, 0.4) is 0 Å². The van der Waals surface area contributed by atoms with Gasteiger partial charge in [-0.3, -0.25) is 9.59 Å². The summed E-state index contributed by atoms with van der Waals surface area (Å²) < 4.78 is 0. The van der Waals surface area contributed by atoms with Crippen molar-refractivity contribution in [2.75, 3.05) is 6.61 Å². The number of carboxylic acids is 1. The Bertz CT molecular complexity index is 233. The van der Waals surface area contributed by atoms with E-state index in [0.717, 1.165) is 0 Å². The molecular formula is C6H8O7. The molecule has 0 aliphatic heterocycles. The minimum Gasteiger partial charge on any atom is -0.475 e. The molecule has 0 aromatic heterocycles. The highest BCUT2D eigenvalue weighted by Crippen LogP contribution is 1.95. The lowest BCUT2D eigenvalue weighted by atomic mass is 10.1. The van der Waals surface area contributed by atoms with Crippen LogP contribution in [0.1, 0.15) is 0 Å². The zero-order valence-corrected chi connectivity index (χ0v) is 6.38. The van der Waals surface area contributed by atoms with Crippen LogP contribution >= 0.6 is 0 Å². The summed E-state index contributed by atoms with van der Waals surface area (Å²) in [5.41, 5.74) is 0. The highest BCUT2D eigenvalue weighted by atomic mass is 16.4. The Balaban J connectivity index is 4.43. The van der Waals surface area contributed by atoms with Crippen molar-refractivity contribution in [1.82, 2.24) is 0 Å². The fourth-order valence-corrected chi connectivity index (χ4v) is 0.514. The summed E-state index contributed by atoms with van der Waals surface area (Å²) in [6.45, 7) is -0.945. The maximum absolute atomic E-state index is 10.6. The molecule has 1 unspecified atom stereocenters. The number of carbonyl (C=O) groups is 3. The normalized spacial score (nSPS) is 14.7. The maximum atomic E-state index is 10.6. The summed E-state index contributed by atoms with van der Waals surface area (Å²) in [5.74, 6) is -5.51. The minimum atomic E-state index is -2.20. The smallest absolute Gasteiger partial charge is 0.380 e. The van der Waals surface area contributed by atoms with Gasteiger partial charge in [0, 0.05) is 0 Å². The van der Waals surface area contributed by atoms with E-state index in [2.05, 4.69) is 0 Å². The van der Waals surface area contributed by atoms with E-state index in [9.17, 15) is 14.4 Å². The summed E-state index contributed by atoms with van der Waals surface area (Å²) >= 11 is 0. The molecule has 0 amide bonds. The molecule has 0 saturated carbocycles. The van der Waals surface area contributed by atoms with Crippen LogP contribution in [0.4, 0.5) is 0 Å². The number of hydrogen-bond acceptors (Lipinski definition) is 6. The molecule has 0 radical (unpaired) electrons. The van der Waals surface area contributed by atoms with E-state index in [-0.39, 0.29) is 0 Å². The first-order valence-electron chi connectivity index (χ1n) is 3.20. The van der Waals surface area contributed by atoms with E-state index < -0.39 is 36.4 Å². The maximum Gasteiger partial charge on any atom is 0.380 e. The fourth-order valence-electron chi connectivity index (χ4n) is 0.514. The number of hydrogen-bond donors (Lipinski definition) is 4. The topological polar surface area (TPSA) is 132 Å². The monoisotopic (exact) mass is 192 g/mol. The van der Waals surface area contributed by atoms with E-state index in [1.165, 1.54) is 0 Å². The highest BCUT2D eigenvalue weighted by Gasteiger charge is 2.32. The lowest BCUT2D eigenvalue weighted by Crippen LogP contribution is -2.42. The molecule has 0 fully saturated rings. The third kappa shape index (κ3) is 2.90. The Morgan fingerprint density at radius 2 is 1.62 bits per heavy atom. The molecule has 0 aromatic carbocycles. The second-order valence-corrected chi connectivity index (χ2v) is 2.19. The van der Waals surface area contributed by atoms with Crippen LogP contribution in [-0.4, -0.2) is 56.8 Å². The average Bonchev–Trinajstić information content (AvgIpc) is 2.12. The van der Waals surface area contributed by atoms with Crippen LogP contribution < -0.4 is 0 Å². The number of aliphatic hydroxyl groups excluding tert-OH is 3. The van der Waals surface area contributed by atoms with Crippen molar-refractivity contribution in [2.24, 2.45) is 0 Å². The Morgan fingerprint density at radius 3 is 1.92 bits per heavy atom. The molecule has 0 aromatic rings. The van der Waals surface area contributed by atoms with E-state index in [1.807, 2.05) is 0 Å². The van der Waals surface area contributed by atoms with Crippen LogP contribution in [0.15, 0.2) is 0 Å². The molecule has 7 heteroatoms. The van der Waals surface area contributed by atoms with Gasteiger partial charge in [-0.2, -0.15) is 0 Å². The molecule has 4 N–H and O–H groups in total. The van der Waals surface area contributed by atoms with Crippen molar-refractivity contribution < 1.29 is 34.8 Å². The number of Topliss-reactive ketones (excluding diaryl/α,β-unsaturated/α-hetero) is 2. The summed E-state index contributed by atoms with van der Waals surface area (Å²) in [5, 5.41) is 33.7. The fraction of sp³-hybridized carbons (Fsp3) is 0.500. The summed E-state index contributed by atoms with van der Waals surface area (Å²) in [6.07, 6.45) is -4.05. The van der Waals surface area contributed by atoms with Gasteiger partial charge in [-0.25, -0.2) is 4.79 Å². The number of ketones is 2. The van der Waals surface area contributed by atoms with Gasteiger partial charge in [0.05, 0.1) is 6.61 Å². The van der Waals surface area contributed by atoms with Crippen molar-refractivity contribution in [1.29, 1.82) is 0 Å². The number of aliphatic hydroxyl groups is 3. The predicted octanol–water partition coefficient (Wildman–Crippen LogP) is -3.08. The SMILES string of the molecule is O=C(O)C(=O)C(=O)[C@H](O)C(O)CO. The van der Waals surface area contributed by atoms with Gasteiger partial charge in [0.1, 0.15) is 12.2 Å². The molecule has 2 atom stereocenters. The Hall–Kier alpha value is -1.31. The van der Waals surface area contributed by atoms with E-state index in [1.54, 1.807) is 0 Å². The van der Waals surface area contributed by atoms with Crippen molar-refractivity contribution in [3.63, 3.8) is 0 Å². The predicted molar refractivity (Wildman–Crippen MR) is 36.7 cm³/mol. The largest absolute Gasteiger partial charge is 0.475 e. The number of rotatable bonds is 5. The van der Waals surface area contributed by atoms with Gasteiger partial charge in [0.25, 0.3) is 0 Å². The number of aliphatic carboxylic acids is 1. The minimum absolute atomic E-state index is 0.945. The van der Waals surface area contributed by atoms with Gasteiger partial charge in [0.15, 0.2) is 0 Å². The third-order valence-electron chi connectivity index (χ3n) is 1.24. The van der Waals surface area contributed by atoms with Crippen LogP contribution in [0.25, 0.3) is 0 Å². The average molecular weight is 192 g/mol. The lowest BCUT2D eigenvalue weighted by Gasteiger charge is -2.11. The summed E-state index contributed by atoms with van der Waals surface area (Å²) in [4.78, 5) is 31.0. The second kappa shape index (κ2) is 4.65. The van der Waals surface area contributed by atoms with Crippen molar-refractivity contribution in [3.05, 3.63) is 0 Å². The summed E-state index contributed by atoms with van der Waals surface area (Å²) in [6, 6.07) is 0. The Labute approximate surface area is 72.2 Å². The van der Waals surface area contributed by atoms with Crippen LogP contribution in [0.2, 0.25) is 0 Å². The second-order valence-electron chi connectivity index (χ2n) is 2.19. The molecule has 7 nitrogen and oxygen atoms in total. The highest BCUT2D eigenvalue weighted by molar-refractivity contribution is 6.62. The molecule has 13 heavy (non-hydrogen) atoms. The van der Waals surface area contributed by atoms with Crippen LogP contribution in [0.5, 0.6) is 0 Å². The zero-order valence-electron chi connectivity index (χ0n) is 6.38. The van der Waals surface area contributed by atoms with Crippen molar-refractivity contribution in [2.45, 2.75) is 12.2 Å². The van der Waals surface area contributed by atoms with Gasteiger partial charge in [-0.15, -0.1) is 0 Å². The first-order chi connectivity index (χ1) is 5.91. The van der Waals surface area contributed by atoms with E-state index in [4.69, 9.17) is 20.4 Å². The Kier molecular flexibility index (Phi) is 4.18. The third-order valence-corrected chi connectivity index (χ3v) is 1.24. The van der Waals surface area contributed by atoms with Gasteiger partial charge < -0.3 is 20.4 Å². The Morgan fingerprint density at radius 1 is 1.15 bits per heavy atom. The van der Waals surface area contributed by atoms with Crippen LogP contribution in [-0.2, 0) is 14.4 Å². The van der Waals surface area contributed by atoms with Crippen LogP contribution in [0, 0.1) is 0 Å². The molecule has 0 spiro atoms. The standard InChI is InChI=1S/C6H8O7/c7-1-2(8)3(9)4(10)5(11)6(12)13/h2-3,7-9H,1H2,(H,12,13)/t2?,3-/m1/s1. The van der Waals surface area contributed by atoms with Gasteiger partial charge in [-0.1, -0.05) is 0 Å². The molecular weight excluding hydrogens is 184 g/mol. The van der Waals surface area contributed by atoms with Gasteiger partial charge in [0.2, 0.25) is 5.78 Å². The molecule has 0 bridgehead atoms. The first kappa shape index (κ1) is 11.7. The molecule has 0 heterocycles. The number of carboxylic acid groups (broad SMARTS) is 1. The molecule has 0 rings (SSSR count). The van der Waals surface area contributed by atoms with E-state index >= 15 is 0 Å². The molecule has 74 valence electrons. The van der Waals surface area contributed by atoms with E-state index in [0.29, 0.717) is 0 Å². The zero-order chi connectivity index (χ0) is 10.6. The van der Waals surface area contributed by atoms with Crippen molar-refractivity contribution in [3.8, 4) is 0 Å². The number of carbonyl (C=O) groups excluding carboxylic acids is 2. The lowest BCUT2D eigenvalue weighted by molar-refractivity contribution is -0.157. The van der Waals surface area contributed by atoms with Gasteiger partial charge in [-0.05, 0) is 0 Å². The quantitative estimate of drug-likeness (QED) is 0.268. The molecule has 0 saturated heterocycles.